The Morgan fingerprint density at radius 2 is 2.14 bits per heavy atom. The highest BCUT2D eigenvalue weighted by molar-refractivity contribution is 7.19. The van der Waals surface area contributed by atoms with E-state index in [1.165, 1.54) is 11.3 Å². The molecule has 0 unspecified atom stereocenters. The summed E-state index contributed by atoms with van der Waals surface area (Å²) in [6.45, 7) is 4.42. The summed E-state index contributed by atoms with van der Waals surface area (Å²) in [5, 5.41) is 10.0. The third-order valence-electron chi connectivity index (χ3n) is 3.18. The number of aromatic nitrogens is 4. The lowest BCUT2D eigenvalue weighted by atomic mass is 10.4. The van der Waals surface area contributed by atoms with Crippen LogP contribution in [0.1, 0.15) is 5.69 Å². The predicted molar refractivity (Wildman–Crippen MR) is 79.8 cm³/mol. The number of thiazole rings is 1. The number of morpholine rings is 1. The standard InChI is InChI=1S/C12H16F2N6OS/c1-7-9(10-17-11(19-18-10)15-6-8(13)14)22-12(16-7)20-2-4-21-5-3-20/h8H,2-6H2,1H3,(H2,15,17,18,19). The molecule has 3 heterocycles. The second-order valence-electron chi connectivity index (χ2n) is 4.79. The van der Waals surface area contributed by atoms with Gasteiger partial charge in [0.2, 0.25) is 5.95 Å². The summed E-state index contributed by atoms with van der Waals surface area (Å²) in [6.07, 6.45) is -2.44. The summed E-state index contributed by atoms with van der Waals surface area (Å²) in [4.78, 5) is 11.8. The molecule has 120 valence electrons. The molecule has 1 fully saturated rings. The molecule has 22 heavy (non-hydrogen) atoms. The Kier molecular flexibility index (Phi) is 4.48. The normalized spacial score (nSPS) is 15.5. The van der Waals surface area contributed by atoms with Gasteiger partial charge < -0.3 is 15.0 Å². The van der Waals surface area contributed by atoms with Crippen molar-refractivity contribution in [2.24, 2.45) is 0 Å². The van der Waals surface area contributed by atoms with Crippen molar-refractivity contribution in [3.05, 3.63) is 5.69 Å². The molecule has 1 saturated heterocycles. The number of nitrogens with one attached hydrogen (secondary N) is 2. The van der Waals surface area contributed by atoms with Crippen LogP contribution in [0.5, 0.6) is 0 Å². The first-order valence-corrected chi connectivity index (χ1v) is 7.70. The number of alkyl halides is 2. The summed E-state index contributed by atoms with van der Waals surface area (Å²) < 4.78 is 29.7. The summed E-state index contributed by atoms with van der Waals surface area (Å²) in [6, 6.07) is 0. The Labute approximate surface area is 129 Å². The van der Waals surface area contributed by atoms with E-state index in [9.17, 15) is 8.78 Å². The van der Waals surface area contributed by atoms with Gasteiger partial charge >= 0.3 is 0 Å². The number of H-pyrrole nitrogens is 1. The Hall–Kier alpha value is -1.81. The van der Waals surface area contributed by atoms with Gasteiger partial charge in [0.05, 0.1) is 30.3 Å². The van der Waals surface area contributed by atoms with E-state index in [1.807, 2.05) is 6.92 Å². The van der Waals surface area contributed by atoms with Crippen LogP contribution in [0.25, 0.3) is 10.7 Å². The van der Waals surface area contributed by atoms with Gasteiger partial charge in [-0.3, -0.25) is 5.10 Å². The molecule has 0 atom stereocenters. The molecule has 10 heteroatoms. The SMILES string of the molecule is Cc1nc(N2CCOCC2)sc1-c1nc(NCC(F)F)n[nH]1. The van der Waals surface area contributed by atoms with Crippen LogP contribution < -0.4 is 10.2 Å². The van der Waals surface area contributed by atoms with Crippen molar-refractivity contribution in [2.45, 2.75) is 13.3 Å². The minimum Gasteiger partial charge on any atom is -0.378 e. The van der Waals surface area contributed by atoms with Crippen LogP contribution in [0, 0.1) is 6.92 Å². The smallest absolute Gasteiger partial charge is 0.255 e. The summed E-state index contributed by atoms with van der Waals surface area (Å²) in [7, 11) is 0. The number of ether oxygens (including phenoxy) is 1. The van der Waals surface area contributed by atoms with E-state index in [-0.39, 0.29) is 5.95 Å². The lowest BCUT2D eigenvalue weighted by Gasteiger charge is -2.25. The summed E-state index contributed by atoms with van der Waals surface area (Å²) in [5.41, 5.74) is 0.836. The van der Waals surface area contributed by atoms with Crippen molar-refractivity contribution in [3.8, 4) is 10.7 Å². The van der Waals surface area contributed by atoms with Gasteiger partial charge in [-0.15, -0.1) is 5.10 Å². The largest absolute Gasteiger partial charge is 0.378 e. The number of halogens is 2. The van der Waals surface area contributed by atoms with Crippen molar-refractivity contribution in [1.29, 1.82) is 0 Å². The average molecular weight is 330 g/mol. The van der Waals surface area contributed by atoms with Crippen LogP contribution in [0.15, 0.2) is 0 Å². The first-order valence-electron chi connectivity index (χ1n) is 6.88. The van der Waals surface area contributed by atoms with Gasteiger partial charge in [-0.25, -0.2) is 13.8 Å². The summed E-state index contributed by atoms with van der Waals surface area (Å²) >= 11 is 1.51. The lowest BCUT2D eigenvalue weighted by Crippen LogP contribution is -2.36. The van der Waals surface area contributed by atoms with E-state index in [0.29, 0.717) is 19.0 Å². The highest BCUT2D eigenvalue weighted by Crippen LogP contribution is 2.33. The maximum absolute atomic E-state index is 12.2. The first-order chi connectivity index (χ1) is 10.6. The van der Waals surface area contributed by atoms with Crippen LogP contribution >= 0.6 is 11.3 Å². The molecule has 0 saturated carbocycles. The van der Waals surface area contributed by atoms with E-state index < -0.39 is 13.0 Å². The van der Waals surface area contributed by atoms with E-state index in [1.54, 1.807) is 0 Å². The first kappa shape index (κ1) is 15.1. The van der Waals surface area contributed by atoms with Crippen LogP contribution in [0.4, 0.5) is 19.9 Å². The molecule has 2 N–H and O–H groups in total. The van der Waals surface area contributed by atoms with Crippen LogP contribution in [0.3, 0.4) is 0 Å². The van der Waals surface area contributed by atoms with E-state index >= 15 is 0 Å². The highest BCUT2D eigenvalue weighted by atomic mass is 32.1. The number of anilines is 2. The van der Waals surface area contributed by atoms with Crippen molar-refractivity contribution < 1.29 is 13.5 Å². The van der Waals surface area contributed by atoms with Gasteiger partial charge in [0.15, 0.2) is 11.0 Å². The minimum atomic E-state index is -2.44. The molecule has 1 aliphatic rings. The van der Waals surface area contributed by atoms with Gasteiger partial charge in [0.1, 0.15) is 0 Å². The maximum Gasteiger partial charge on any atom is 0.255 e. The van der Waals surface area contributed by atoms with Crippen molar-refractivity contribution in [3.63, 3.8) is 0 Å². The zero-order valence-electron chi connectivity index (χ0n) is 12.0. The van der Waals surface area contributed by atoms with Gasteiger partial charge in [0, 0.05) is 13.1 Å². The second kappa shape index (κ2) is 6.53. The zero-order chi connectivity index (χ0) is 15.5. The monoisotopic (exact) mass is 330 g/mol. The molecule has 2 aromatic heterocycles. The van der Waals surface area contributed by atoms with E-state index in [4.69, 9.17) is 4.74 Å². The third kappa shape index (κ3) is 3.33. The average Bonchev–Trinajstić information content (AvgIpc) is 3.12. The fraction of sp³-hybridized carbons (Fsp3) is 0.583. The number of rotatable bonds is 5. The third-order valence-corrected chi connectivity index (χ3v) is 4.41. The molecule has 0 spiro atoms. The fourth-order valence-corrected chi connectivity index (χ4v) is 3.16. The molecular formula is C12H16F2N6OS. The van der Waals surface area contributed by atoms with Crippen molar-refractivity contribution >= 4 is 22.4 Å². The highest BCUT2D eigenvalue weighted by Gasteiger charge is 2.19. The number of nitrogens with zero attached hydrogens (tertiary/aromatic N) is 4. The molecule has 0 aromatic carbocycles. The maximum atomic E-state index is 12.2. The number of hydrogen-bond donors (Lipinski definition) is 2. The Morgan fingerprint density at radius 1 is 1.36 bits per heavy atom. The molecule has 0 amide bonds. The van der Waals surface area contributed by atoms with Crippen molar-refractivity contribution in [2.75, 3.05) is 43.1 Å². The molecular weight excluding hydrogens is 314 g/mol. The predicted octanol–water partition coefficient (Wildman–Crippen LogP) is 1.75. The fourth-order valence-electron chi connectivity index (χ4n) is 2.10. The Balaban J connectivity index is 1.75. The molecule has 0 bridgehead atoms. The molecule has 0 aliphatic carbocycles. The number of aryl methyl sites for hydroxylation is 1. The molecule has 0 radical (unpaired) electrons. The molecule has 2 aromatic rings. The molecule has 1 aliphatic heterocycles. The van der Waals surface area contributed by atoms with Gasteiger partial charge in [-0.05, 0) is 6.92 Å². The minimum absolute atomic E-state index is 0.163. The van der Waals surface area contributed by atoms with Crippen LogP contribution in [0.2, 0.25) is 0 Å². The topological polar surface area (TPSA) is 79.0 Å². The number of aromatic amines is 1. The quantitative estimate of drug-likeness (QED) is 0.869. The zero-order valence-corrected chi connectivity index (χ0v) is 12.8. The van der Waals surface area contributed by atoms with Crippen LogP contribution in [-0.4, -0.2) is 59.4 Å². The van der Waals surface area contributed by atoms with E-state index in [0.717, 1.165) is 28.8 Å². The van der Waals surface area contributed by atoms with Crippen LogP contribution in [-0.2, 0) is 4.74 Å². The van der Waals surface area contributed by atoms with Gasteiger partial charge in [-0.2, -0.15) is 4.98 Å². The number of hydrogen-bond acceptors (Lipinski definition) is 7. The van der Waals surface area contributed by atoms with Gasteiger partial charge in [0.25, 0.3) is 6.43 Å². The second-order valence-corrected chi connectivity index (χ2v) is 5.77. The van der Waals surface area contributed by atoms with E-state index in [2.05, 4.69) is 30.4 Å². The Bertz CT molecular complexity index is 625. The molecule has 7 nitrogen and oxygen atoms in total. The lowest BCUT2D eigenvalue weighted by molar-refractivity contribution is 0.122. The molecule has 3 rings (SSSR count). The van der Waals surface area contributed by atoms with Crippen molar-refractivity contribution in [1.82, 2.24) is 20.2 Å². The summed E-state index contributed by atoms with van der Waals surface area (Å²) in [5.74, 6) is 0.697. The van der Waals surface area contributed by atoms with Gasteiger partial charge in [-0.1, -0.05) is 11.3 Å². The Morgan fingerprint density at radius 3 is 2.86 bits per heavy atom.